The second kappa shape index (κ2) is 5.29. The molecule has 3 amide bonds. The summed E-state index contributed by atoms with van der Waals surface area (Å²) < 4.78 is 0. The van der Waals surface area contributed by atoms with Gasteiger partial charge in [-0.1, -0.05) is 36.4 Å². The molecule has 2 heterocycles. The van der Waals surface area contributed by atoms with E-state index in [4.69, 9.17) is 0 Å². The topological polar surface area (TPSA) is 56.2 Å². The van der Waals surface area contributed by atoms with E-state index in [1.165, 1.54) is 9.80 Å². The number of amidine groups is 1. The molecule has 2 unspecified atom stereocenters. The Bertz CT molecular complexity index is 655. The fraction of sp³-hybridized carbons (Fsp3) is 0.312. The Labute approximate surface area is 129 Å². The molecule has 1 fully saturated rings. The molecule has 0 radical (unpaired) electrons. The second-order valence-electron chi connectivity index (χ2n) is 5.42. The van der Waals surface area contributed by atoms with Gasteiger partial charge in [-0.3, -0.25) is 9.69 Å². The summed E-state index contributed by atoms with van der Waals surface area (Å²) in [6.45, 7) is 3.82. The van der Waals surface area contributed by atoms with Gasteiger partial charge in [0.15, 0.2) is 12.2 Å². The van der Waals surface area contributed by atoms with Crippen LogP contribution in [-0.2, 0) is 4.79 Å². The third kappa shape index (κ3) is 1.99. The van der Waals surface area contributed by atoms with E-state index >= 15 is 0 Å². The molecule has 0 N–H and O–H groups in total. The lowest BCUT2D eigenvalue weighted by atomic mass is 10.1. The molecule has 22 heavy (non-hydrogen) atoms. The van der Waals surface area contributed by atoms with Crippen molar-refractivity contribution in [3.8, 4) is 0 Å². The highest BCUT2D eigenvalue weighted by Crippen LogP contribution is 2.28. The first-order valence-electron chi connectivity index (χ1n) is 7.11. The van der Waals surface area contributed by atoms with Crippen molar-refractivity contribution in [2.45, 2.75) is 12.2 Å². The van der Waals surface area contributed by atoms with E-state index in [0.717, 1.165) is 11.4 Å². The largest absolute Gasteiger partial charge is 0.344 e. The van der Waals surface area contributed by atoms with Crippen LogP contribution >= 0.6 is 0 Å². The van der Waals surface area contributed by atoms with Gasteiger partial charge < -0.3 is 9.80 Å². The molecule has 0 spiro atoms. The van der Waals surface area contributed by atoms with Gasteiger partial charge in [-0.05, 0) is 0 Å². The van der Waals surface area contributed by atoms with Crippen LogP contribution in [0.5, 0.6) is 0 Å². The molecule has 0 saturated carbocycles. The van der Waals surface area contributed by atoms with Crippen LogP contribution in [0.4, 0.5) is 4.79 Å². The minimum Gasteiger partial charge on any atom is -0.344 e. The standard InChI is InChI=1S/C16H18N4O2/c1-4-10-20-15(21)12-14(19(3)16(20)22)17-13(18(12)2)11-8-6-5-7-9-11/h4-9,12,14H,1,10H2,2-3H3. The summed E-state index contributed by atoms with van der Waals surface area (Å²) in [5, 5.41) is 0. The normalized spacial score (nSPS) is 24.5. The molecule has 1 saturated heterocycles. The van der Waals surface area contributed by atoms with Crippen LogP contribution in [-0.4, -0.2) is 65.3 Å². The summed E-state index contributed by atoms with van der Waals surface area (Å²) in [5.74, 6) is 0.495. The molecule has 6 heteroatoms. The van der Waals surface area contributed by atoms with E-state index < -0.39 is 12.2 Å². The average molecular weight is 298 g/mol. The van der Waals surface area contributed by atoms with E-state index in [9.17, 15) is 9.59 Å². The van der Waals surface area contributed by atoms with Crippen molar-refractivity contribution in [1.29, 1.82) is 0 Å². The van der Waals surface area contributed by atoms with Crippen LogP contribution in [0, 0.1) is 0 Å². The molecular formula is C16H18N4O2. The first kappa shape index (κ1) is 14.3. The lowest BCUT2D eigenvalue weighted by Crippen LogP contribution is -2.64. The summed E-state index contributed by atoms with van der Waals surface area (Å²) in [7, 11) is 3.51. The number of aliphatic imine (C=N–C) groups is 1. The van der Waals surface area contributed by atoms with E-state index in [0.29, 0.717) is 0 Å². The van der Waals surface area contributed by atoms with Crippen molar-refractivity contribution in [2.75, 3.05) is 20.6 Å². The zero-order valence-corrected chi connectivity index (χ0v) is 12.6. The van der Waals surface area contributed by atoms with Gasteiger partial charge in [-0.2, -0.15) is 0 Å². The van der Waals surface area contributed by atoms with E-state index in [2.05, 4.69) is 11.6 Å². The van der Waals surface area contributed by atoms with Crippen molar-refractivity contribution in [2.24, 2.45) is 4.99 Å². The molecule has 114 valence electrons. The van der Waals surface area contributed by atoms with Gasteiger partial charge in [0.05, 0.1) is 0 Å². The minimum atomic E-state index is -0.488. The van der Waals surface area contributed by atoms with Gasteiger partial charge in [-0.15, -0.1) is 6.58 Å². The number of hydrogen-bond donors (Lipinski definition) is 0. The number of carbonyl (C=O) groups excluding carboxylic acids is 2. The second-order valence-corrected chi connectivity index (χ2v) is 5.42. The molecule has 0 aliphatic carbocycles. The lowest BCUT2D eigenvalue weighted by molar-refractivity contribution is -0.136. The lowest BCUT2D eigenvalue weighted by Gasteiger charge is -2.40. The predicted molar refractivity (Wildman–Crippen MR) is 83.4 cm³/mol. The first-order valence-corrected chi connectivity index (χ1v) is 7.11. The Morgan fingerprint density at radius 1 is 1.18 bits per heavy atom. The highest BCUT2D eigenvalue weighted by molar-refractivity contribution is 6.08. The minimum absolute atomic E-state index is 0.208. The van der Waals surface area contributed by atoms with Crippen LogP contribution in [0.25, 0.3) is 0 Å². The number of hydrogen-bond acceptors (Lipinski definition) is 4. The van der Waals surface area contributed by atoms with Crippen molar-refractivity contribution >= 4 is 17.8 Å². The molecule has 3 rings (SSSR count). The molecule has 0 aromatic heterocycles. The Morgan fingerprint density at radius 2 is 1.86 bits per heavy atom. The fourth-order valence-electron chi connectivity index (χ4n) is 2.93. The van der Waals surface area contributed by atoms with Crippen LogP contribution < -0.4 is 0 Å². The predicted octanol–water partition coefficient (Wildman–Crippen LogP) is 1.15. The van der Waals surface area contributed by atoms with Crippen molar-refractivity contribution in [3.63, 3.8) is 0 Å². The zero-order chi connectivity index (χ0) is 15.9. The maximum atomic E-state index is 12.7. The molecule has 6 nitrogen and oxygen atoms in total. The van der Waals surface area contributed by atoms with E-state index in [-0.39, 0.29) is 18.5 Å². The molecule has 2 aliphatic rings. The summed E-state index contributed by atoms with van der Waals surface area (Å²) >= 11 is 0. The smallest absolute Gasteiger partial charge is 0.328 e. The molecule has 1 aromatic rings. The maximum Gasteiger partial charge on any atom is 0.328 e. The quantitative estimate of drug-likeness (QED) is 0.787. The van der Waals surface area contributed by atoms with Gasteiger partial charge in [0, 0.05) is 26.2 Å². The highest BCUT2D eigenvalue weighted by atomic mass is 16.2. The van der Waals surface area contributed by atoms with Crippen LogP contribution in [0.3, 0.4) is 0 Å². The highest BCUT2D eigenvalue weighted by Gasteiger charge is 2.50. The number of imide groups is 1. The molecular weight excluding hydrogens is 280 g/mol. The fourth-order valence-corrected chi connectivity index (χ4v) is 2.93. The SMILES string of the molecule is C=CCN1C(=O)C2C(N=C(c3ccccc3)N2C)N(C)C1=O. The van der Waals surface area contributed by atoms with Crippen molar-refractivity contribution in [1.82, 2.24) is 14.7 Å². The van der Waals surface area contributed by atoms with E-state index in [1.54, 1.807) is 13.1 Å². The molecule has 0 bridgehead atoms. The Morgan fingerprint density at radius 3 is 2.50 bits per heavy atom. The van der Waals surface area contributed by atoms with Crippen LogP contribution in [0.15, 0.2) is 48.0 Å². The molecule has 2 aliphatic heterocycles. The number of benzene rings is 1. The van der Waals surface area contributed by atoms with Gasteiger partial charge in [0.25, 0.3) is 5.91 Å². The average Bonchev–Trinajstić information content (AvgIpc) is 2.88. The summed E-state index contributed by atoms with van der Waals surface area (Å²) in [6.07, 6.45) is 1.07. The van der Waals surface area contributed by atoms with E-state index in [1.807, 2.05) is 42.3 Å². The van der Waals surface area contributed by atoms with Gasteiger partial charge in [-0.25, -0.2) is 9.79 Å². The van der Waals surface area contributed by atoms with Crippen molar-refractivity contribution in [3.05, 3.63) is 48.6 Å². The number of likely N-dealkylation sites (N-methyl/N-ethyl adjacent to an activating group) is 2. The summed E-state index contributed by atoms with van der Waals surface area (Å²) in [4.78, 5) is 34.2. The monoisotopic (exact) mass is 298 g/mol. The first-order chi connectivity index (χ1) is 10.6. The third-order valence-corrected chi connectivity index (χ3v) is 4.08. The number of fused-ring (bicyclic) bond motifs is 1. The maximum absolute atomic E-state index is 12.7. The van der Waals surface area contributed by atoms with Gasteiger partial charge in [0.2, 0.25) is 0 Å². The molecule has 2 atom stereocenters. The Kier molecular flexibility index (Phi) is 3.44. The zero-order valence-electron chi connectivity index (χ0n) is 12.6. The van der Waals surface area contributed by atoms with Crippen molar-refractivity contribution < 1.29 is 9.59 Å². The van der Waals surface area contributed by atoms with Crippen LogP contribution in [0.2, 0.25) is 0 Å². The number of carbonyl (C=O) groups is 2. The van der Waals surface area contributed by atoms with Gasteiger partial charge >= 0.3 is 6.03 Å². The number of rotatable bonds is 3. The number of urea groups is 1. The van der Waals surface area contributed by atoms with Gasteiger partial charge in [0.1, 0.15) is 5.84 Å². The number of amides is 3. The van der Waals surface area contributed by atoms with Crippen LogP contribution in [0.1, 0.15) is 5.56 Å². The molecule has 1 aromatic carbocycles. The Hall–Kier alpha value is -2.63. The Balaban J connectivity index is 1.98. The third-order valence-electron chi connectivity index (χ3n) is 4.08. The summed E-state index contributed by atoms with van der Waals surface area (Å²) in [6, 6.07) is 8.85. The number of nitrogens with zero attached hydrogens (tertiary/aromatic N) is 4. The summed E-state index contributed by atoms with van der Waals surface area (Å²) in [5.41, 5.74) is 0.934.